The fourth-order valence-corrected chi connectivity index (χ4v) is 2.53. The lowest BCUT2D eigenvalue weighted by atomic mass is 10.3. The van der Waals surface area contributed by atoms with Crippen molar-refractivity contribution in [3.8, 4) is 0 Å². The molecule has 0 radical (unpaired) electrons. The van der Waals surface area contributed by atoms with Crippen molar-refractivity contribution in [1.29, 1.82) is 0 Å². The highest BCUT2D eigenvalue weighted by molar-refractivity contribution is 6.88. The van der Waals surface area contributed by atoms with Gasteiger partial charge in [-0.3, -0.25) is 0 Å². The summed E-state index contributed by atoms with van der Waals surface area (Å²) in [5.74, 6) is -0.424. The van der Waals surface area contributed by atoms with Gasteiger partial charge in [0.2, 0.25) is 0 Å². The van der Waals surface area contributed by atoms with E-state index in [1.165, 1.54) is 6.07 Å². The molecule has 0 bridgehead atoms. The SMILES string of the molecule is C[Si](C)(C)c1cc(F)c(Cl)c(Cl)c1. The Morgan fingerprint density at radius 2 is 1.69 bits per heavy atom. The van der Waals surface area contributed by atoms with E-state index in [1.807, 2.05) is 0 Å². The average Bonchev–Trinajstić information content (AvgIpc) is 1.97. The Kier molecular flexibility index (Phi) is 3.05. The van der Waals surface area contributed by atoms with Gasteiger partial charge in [0, 0.05) is 0 Å². The van der Waals surface area contributed by atoms with Crippen LogP contribution in [0.15, 0.2) is 12.1 Å². The molecule has 0 N–H and O–H groups in total. The summed E-state index contributed by atoms with van der Waals surface area (Å²) >= 11 is 11.4. The van der Waals surface area contributed by atoms with Crippen molar-refractivity contribution in [3.63, 3.8) is 0 Å². The maximum absolute atomic E-state index is 13.2. The Morgan fingerprint density at radius 1 is 1.15 bits per heavy atom. The van der Waals surface area contributed by atoms with E-state index in [-0.39, 0.29) is 5.02 Å². The molecule has 0 atom stereocenters. The minimum Gasteiger partial charge on any atom is -0.205 e. The van der Waals surface area contributed by atoms with Gasteiger partial charge in [0.25, 0.3) is 0 Å². The fourth-order valence-electron chi connectivity index (χ4n) is 0.989. The zero-order valence-corrected chi connectivity index (χ0v) is 10.3. The molecule has 0 unspecified atom stereocenters. The van der Waals surface area contributed by atoms with E-state index >= 15 is 0 Å². The Morgan fingerprint density at radius 3 is 2.08 bits per heavy atom. The summed E-state index contributed by atoms with van der Waals surface area (Å²) < 4.78 is 13.2. The smallest absolute Gasteiger partial charge is 0.143 e. The minimum atomic E-state index is -1.50. The molecule has 0 aromatic heterocycles. The Bertz CT molecular complexity index is 308. The number of hydrogen-bond acceptors (Lipinski definition) is 0. The van der Waals surface area contributed by atoms with E-state index in [0.717, 1.165) is 5.19 Å². The molecule has 0 spiro atoms. The van der Waals surface area contributed by atoms with Crippen molar-refractivity contribution in [2.45, 2.75) is 19.6 Å². The van der Waals surface area contributed by atoms with E-state index < -0.39 is 13.9 Å². The normalized spacial score (nSPS) is 11.8. The lowest BCUT2D eigenvalue weighted by Crippen LogP contribution is -2.37. The summed E-state index contributed by atoms with van der Waals surface area (Å²) in [6, 6.07) is 3.25. The predicted octanol–water partition coefficient (Wildman–Crippen LogP) is 3.68. The van der Waals surface area contributed by atoms with Gasteiger partial charge in [-0.05, 0) is 12.1 Å². The number of benzene rings is 1. The third-order valence-corrected chi connectivity index (χ3v) is 4.65. The molecule has 1 aromatic carbocycles. The Hall–Kier alpha value is -0.0531. The maximum Gasteiger partial charge on any atom is 0.143 e. The van der Waals surface area contributed by atoms with Crippen molar-refractivity contribution >= 4 is 36.5 Å². The zero-order chi connectivity index (χ0) is 10.2. The lowest BCUT2D eigenvalue weighted by molar-refractivity contribution is 0.629. The van der Waals surface area contributed by atoms with Gasteiger partial charge < -0.3 is 0 Å². The number of halogens is 3. The Labute approximate surface area is 88.7 Å². The molecule has 0 saturated heterocycles. The highest BCUT2D eigenvalue weighted by Gasteiger charge is 2.19. The molecule has 0 aliphatic heterocycles. The highest BCUT2D eigenvalue weighted by Crippen LogP contribution is 2.24. The molecule has 13 heavy (non-hydrogen) atoms. The summed E-state index contributed by atoms with van der Waals surface area (Å²) in [6.07, 6.45) is 0. The highest BCUT2D eigenvalue weighted by atomic mass is 35.5. The van der Waals surface area contributed by atoms with Crippen LogP contribution in [0, 0.1) is 5.82 Å². The van der Waals surface area contributed by atoms with Crippen molar-refractivity contribution in [1.82, 2.24) is 0 Å². The third-order valence-electron chi connectivity index (χ3n) is 1.85. The minimum absolute atomic E-state index is 0.0173. The molecule has 0 aliphatic carbocycles. The number of hydrogen-bond donors (Lipinski definition) is 0. The molecule has 1 rings (SSSR count). The summed E-state index contributed by atoms with van der Waals surface area (Å²) in [5.41, 5.74) is 0. The van der Waals surface area contributed by atoms with Crippen molar-refractivity contribution < 1.29 is 4.39 Å². The topological polar surface area (TPSA) is 0 Å². The van der Waals surface area contributed by atoms with Gasteiger partial charge in [0.1, 0.15) is 5.82 Å². The van der Waals surface area contributed by atoms with Crippen LogP contribution in [-0.4, -0.2) is 8.07 Å². The molecular formula is C9H11Cl2FSi. The molecular weight excluding hydrogens is 226 g/mol. The van der Waals surface area contributed by atoms with E-state index in [4.69, 9.17) is 23.2 Å². The first-order valence-corrected chi connectivity index (χ1v) is 8.23. The van der Waals surface area contributed by atoms with Crippen LogP contribution in [0.3, 0.4) is 0 Å². The van der Waals surface area contributed by atoms with Crippen LogP contribution < -0.4 is 5.19 Å². The first kappa shape index (κ1) is 11.0. The van der Waals surface area contributed by atoms with E-state index in [0.29, 0.717) is 5.02 Å². The lowest BCUT2D eigenvalue weighted by Gasteiger charge is -2.17. The summed E-state index contributed by atoms with van der Waals surface area (Å²) in [5, 5.41) is 1.31. The monoisotopic (exact) mass is 236 g/mol. The summed E-state index contributed by atoms with van der Waals surface area (Å²) in [4.78, 5) is 0. The van der Waals surface area contributed by atoms with Gasteiger partial charge in [0.05, 0.1) is 18.1 Å². The second kappa shape index (κ2) is 3.60. The van der Waals surface area contributed by atoms with Crippen LogP contribution in [0.4, 0.5) is 4.39 Å². The fraction of sp³-hybridized carbons (Fsp3) is 0.333. The molecule has 4 heteroatoms. The molecule has 0 fully saturated rings. The van der Waals surface area contributed by atoms with Crippen molar-refractivity contribution in [3.05, 3.63) is 28.0 Å². The zero-order valence-electron chi connectivity index (χ0n) is 7.79. The van der Waals surface area contributed by atoms with Crippen LogP contribution in [0.2, 0.25) is 29.7 Å². The molecule has 0 amide bonds. The van der Waals surface area contributed by atoms with E-state index in [1.54, 1.807) is 6.07 Å². The largest absolute Gasteiger partial charge is 0.205 e. The van der Waals surface area contributed by atoms with Crippen molar-refractivity contribution in [2.24, 2.45) is 0 Å². The van der Waals surface area contributed by atoms with Crippen LogP contribution in [0.5, 0.6) is 0 Å². The molecule has 0 aliphatic rings. The van der Waals surface area contributed by atoms with Gasteiger partial charge in [-0.15, -0.1) is 0 Å². The molecule has 0 nitrogen and oxygen atoms in total. The van der Waals surface area contributed by atoms with Gasteiger partial charge in [-0.25, -0.2) is 4.39 Å². The van der Waals surface area contributed by atoms with E-state index in [2.05, 4.69) is 19.6 Å². The summed E-state index contributed by atoms with van der Waals surface area (Å²) in [7, 11) is -1.50. The number of rotatable bonds is 1. The first-order chi connectivity index (χ1) is 5.82. The van der Waals surface area contributed by atoms with Gasteiger partial charge >= 0.3 is 0 Å². The van der Waals surface area contributed by atoms with E-state index in [9.17, 15) is 4.39 Å². The van der Waals surface area contributed by atoms with Crippen LogP contribution in [0.1, 0.15) is 0 Å². The predicted molar refractivity (Wildman–Crippen MR) is 59.4 cm³/mol. The van der Waals surface area contributed by atoms with Crippen molar-refractivity contribution in [2.75, 3.05) is 0 Å². The van der Waals surface area contributed by atoms with Gasteiger partial charge in [-0.2, -0.15) is 0 Å². The maximum atomic E-state index is 13.2. The first-order valence-electron chi connectivity index (χ1n) is 3.97. The Balaban J connectivity index is 3.29. The van der Waals surface area contributed by atoms with Crippen LogP contribution in [0.25, 0.3) is 0 Å². The van der Waals surface area contributed by atoms with Gasteiger partial charge in [-0.1, -0.05) is 48.0 Å². The van der Waals surface area contributed by atoms with Crippen LogP contribution >= 0.6 is 23.2 Å². The average molecular weight is 237 g/mol. The quantitative estimate of drug-likeness (QED) is 0.516. The van der Waals surface area contributed by atoms with Gasteiger partial charge in [0.15, 0.2) is 0 Å². The molecule has 0 heterocycles. The molecule has 72 valence electrons. The summed E-state index contributed by atoms with van der Waals surface area (Å²) in [6.45, 7) is 6.39. The standard InChI is InChI=1S/C9H11Cl2FSi/c1-13(2,3)6-4-7(10)9(11)8(12)5-6/h4-5H,1-3H3. The van der Waals surface area contributed by atoms with Crippen LogP contribution in [-0.2, 0) is 0 Å². The third kappa shape index (κ3) is 2.45. The second-order valence-electron chi connectivity index (χ2n) is 4.00. The molecule has 1 aromatic rings. The second-order valence-corrected chi connectivity index (χ2v) is 9.87. The molecule has 0 saturated carbocycles.